The molecule has 3 nitrogen and oxygen atoms in total. The number of pyridine rings is 1. The first-order valence-electron chi connectivity index (χ1n) is 6.10. The fourth-order valence-electron chi connectivity index (χ4n) is 1.83. The standard InChI is InChI=1S/C15H18N2O/c1-12-9-13(2)11-14(10-12)18-8-7-17-15-5-3-4-6-16-15/h3-6,9-11H,7-8H2,1-2H3,(H,16,17). The second-order valence-electron chi connectivity index (χ2n) is 4.31. The van der Waals surface area contributed by atoms with E-state index in [9.17, 15) is 0 Å². The van der Waals surface area contributed by atoms with E-state index in [1.54, 1.807) is 6.20 Å². The molecule has 1 heterocycles. The lowest BCUT2D eigenvalue weighted by atomic mass is 10.1. The van der Waals surface area contributed by atoms with Gasteiger partial charge in [-0.15, -0.1) is 0 Å². The fourth-order valence-corrected chi connectivity index (χ4v) is 1.83. The summed E-state index contributed by atoms with van der Waals surface area (Å²) in [6, 6.07) is 12.0. The van der Waals surface area contributed by atoms with Crippen molar-refractivity contribution in [3.63, 3.8) is 0 Å². The molecule has 0 aliphatic carbocycles. The SMILES string of the molecule is Cc1cc(C)cc(OCCNc2ccccn2)c1. The average Bonchev–Trinajstić information content (AvgIpc) is 2.35. The lowest BCUT2D eigenvalue weighted by molar-refractivity contribution is 0.332. The largest absolute Gasteiger partial charge is 0.492 e. The van der Waals surface area contributed by atoms with Gasteiger partial charge in [0, 0.05) is 6.20 Å². The van der Waals surface area contributed by atoms with Crippen LogP contribution in [0.1, 0.15) is 11.1 Å². The molecule has 2 aromatic rings. The number of anilines is 1. The summed E-state index contributed by atoms with van der Waals surface area (Å²) in [5, 5.41) is 3.21. The lowest BCUT2D eigenvalue weighted by Crippen LogP contribution is -2.12. The topological polar surface area (TPSA) is 34.1 Å². The Morgan fingerprint density at radius 2 is 1.89 bits per heavy atom. The van der Waals surface area contributed by atoms with Gasteiger partial charge in [0.25, 0.3) is 0 Å². The van der Waals surface area contributed by atoms with E-state index >= 15 is 0 Å². The Morgan fingerprint density at radius 3 is 2.56 bits per heavy atom. The molecule has 0 aliphatic heterocycles. The molecule has 2 rings (SSSR count). The third-order valence-electron chi connectivity index (χ3n) is 2.54. The van der Waals surface area contributed by atoms with E-state index in [2.05, 4.69) is 30.2 Å². The van der Waals surface area contributed by atoms with Crippen LogP contribution in [-0.2, 0) is 0 Å². The Balaban J connectivity index is 1.78. The first-order chi connectivity index (χ1) is 8.74. The predicted molar refractivity (Wildman–Crippen MR) is 74.1 cm³/mol. The van der Waals surface area contributed by atoms with Crippen molar-refractivity contribution in [1.82, 2.24) is 4.98 Å². The molecule has 0 radical (unpaired) electrons. The van der Waals surface area contributed by atoms with Crippen molar-refractivity contribution in [3.05, 3.63) is 53.7 Å². The molecule has 0 spiro atoms. The monoisotopic (exact) mass is 242 g/mol. The molecule has 18 heavy (non-hydrogen) atoms. The second kappa shape index (κ2) is 6.05. The quantitative estimate of drug-likeness (QED) is 0.818. The van der Waals surface area contributed by atoms with Crippen LogP contribution in [0.5, 0.6) is 5.75 Å². The summed E-state index contributed by atoms with van der Waals surface area (Å²) in [7, 11) is 0. The fraction of sp³-hybridized carbons (Fsp3) is 0.267. The number of nitrogens with zero attached hydrogens (tertiary/aromatic N) is 1. The summed E-state index contributed by atoms with van der Waals surface area (Å²) >= 11 is 0. The van der Waals surface area contributed by atoms with E-state index in [4.69, 9.17) is 4.74 Å². The van der Waals surface area contributed by atoms with Crippen LogP contribution >= 0.6 is 0 Å². The van der Waals surface area contributed by atoms with Crippen molar-refractivity contribution in [2.24, 2.45) is 0 Å². The van der Waals surface area contributed by atoms with E-state index in [0.29, 0.717) is 6.61 Å². The van der Waals surface area contributed by atoms with Gasteiger partial charge in [0.15, 0.2) is 0 Å². The number of aromatic nitrogens is 1. The number of benzene rings is 1. The highest BCUT2D eigenvalue weighted by Crippen LogP contribution is 2.15. The number of hydrogen-bond donors (Lipinski definition) is 1. The van der Waals surface area contributed by atoms with E-state index < -0.39 is 0 Å². The van der Waals surface area contributed by atoms with Gasteiger partial charge in [0.1, 0.15) is 18.2 Å². The minimum atomic E-state index is 0.624. The molecule has 0 amide bonds. The third kappa shape index (κ3) is 3.77. The highest BCUT2D eigenvalue weighted by atomic mass is 16.5. The Morgan fingerprint density at radius 1 is 1.11 bits per heavy atom. The molecule has 0 atom stereocenters. The highest BCUT2D eigenvalue weighted by Gasteiger charge is 1.97. The highest BCUT2D eigenvalue weighted by molar-refractivity contribution is 5.34. The first-order valence-corrected chi connectivity index (χ1v) is 6.10. The van der Waals surface area contributed by atoms with E-state index in [1.165, 1.54) is 11.1 Å². The molecule has 0 fully saturated rings. The Bertz CT molecular complexity index is 477. The number of rotatable bonds is 5. The van der Waals surface area contributed by atoms with E-state index in [-0.39, 0.29) is 0 Å². The molecule has 3 heteroatoms. The Kier molecular flexibility index (Phi) is 4.18. The van der Waals surface area contributed by atoms with E-state index in [0.717, 1.165) is 18.1 Å². The summed E-state index contributed by atoms with van der Waals surface area (Å²) < 4.78 is 5.70. The van der Waals surface area contributed by atoms with Crippen molar-refractivity contribution >= 4 is 5.82 Å². The maximum Gasteiger partial charge on any atom is 0.125 e. The zero-order valence-electron chi connectivity index (χ0n) is 10.8. The molecule has 94 valence electrons. The third-order valence-corrected chi connectivity index (χ3v) is 2.54. The molecule has 0 unspecified atom stereocenters. The Hall–Kier alpha value is -2.03. The van der Waals surface area contributed by atoms with Crippen molar-refractivity contribution in [1.29, 1.82) is 0 Å². The average molecular weight is 242 g/mol. The summed E-state index contributed by atoms with van der Waals surface area (Å²) in [5.74, 6) is 1.80. The first kappa shape index (κ1) is 12.4. The van der Waals surface area contributed by atoms with Crippen LogP contribution in [-0.4, -0.2) is 18.1 Å². The molecule has 1 N–H and O–H groups in total. The molecular weight excluding hydrogens is 224 g/mol. The van der Waals surface area contributed by atoms with Gasteiger partial charge < -0.3 is 10.1 Å². The van der Waals surface area contributed by atoms with Crippen molar-refractivity contribution < 1.29 is 4.74 Å². The second-order valence-corrected chi connectivity index (χ2v) is 4.31. The van der Waals surface area contributed by atoms with Gasteiger partial charge in [-0.3, -0.25) is 0 Å². The number of hydrogen-bond acceptors (Lipinski definition) is 3. The maximum absolute atomic E-state index is 5.70. The van der Waals surface area contributed by atoms with Gasteiger partial charge in [0.05, 0.1) is 6.54 Å². The molecule has 1 aromatic heterocycles. The zero-order chi connectivity index (χ0) is 12.8. The molecule has 1 aromatic carbocycles. The van der Waals surface area contributed by atoms with Crippen LogP contribution < -0.4 is 10.1 Å². The van der Waals surface area contributed by atoms with Crippen molar-refractivity contribution in [3.8, 4) is 5.75 Å². The predicted octanol–water partition coefficient (Wildman–Crippen LogP) is 3.19. The van der Waals surface area contributed by atoms with Crippen LogP contribution in [0.4, 0.5) is 5.82 Å². The normalized spacial score (nSPS) is 10.1. The van der Waals surface area contributed by atoms with Crippen LogP contribution in [0.3, 0.4) is 0 Å². The maximum atomic E-state index is 5.70. The summed E-state index contributed by atoms with van der Waals surface area (Å²) in [4.78, 5) is 4.18. The molecular formula is C15H18N2O. The van der Waals surface area contributed by atoms with Gasteiger partial charge in [-0.2, -0.15) is 0 Å². The zero-order valence-corrected chi connectivity index (χ0v) is 10.8. The van der Waals surface area contributed by atoms with Gasteiger partial charge in [-0.05, 0) is 49.2 Å². The molecule has 0 bridgehead atoms. The smallest absolute Gasteiger partial charge is 0.125 e. The minimum absolute atomic E-state index is 0.624. The summed E-state index contributed by atoms with van der Waals surface area (Å²) in [5.41, 5.74) is 2.45. The number of aryl methyl sites for hydroxylation is 2. The van der Waals surface area contributed by atoms with Crippen molar-refractivity contribution in [2.75, 3.05) is 18.5 Å². The van der Waals surface area contributed by atoms with Crippen LogP contribution in [0, 0.1) is 13.8 Å². The van der Waals surface area contributed by atoms with Gasteiger partial charge in [-0.1, -0.05) is 12.1 Å². The molecule has 0 saturated heterocycles. The number of ether oxygens (including phenoxy) is 1. The number of nitrogens with one attached hydrogen (secondary N) is 1. The lowest BCUT2D eigenvalue weighted by Gasteiger charge is -2.09. The minimum Gasteiger partial charge on any atom is -0.492 e. The van der Waals surface area contributed by atoms with Crippen LogP contribution in [0.25, 0.3) is 0 Å². The van der Waals surface area contributed by atoms with Gasteiger partial charge in [0.2, 0.25) is 0 Å². The van der Waals surface area contributed by atoms with Crippen LogP contribution in [0.15, 0.2) is 42.6 Å². The van der Waals surface area contributed by atoms with E-state index in [1.807, 2.05) is 30.3 Å². The van der Waals surface area contributed by atoms with Crippen LogP contribution in [0.2, 0.25) is 0 Å². The summed E-state index contributed by atoms with van der Waals surface area (Å²) in [6.45, 7) is 5.52. The molecule has 0 aliphatic rings. The Labute approximate surface area is 108 Å². The van der Waals surface area contributed by atoms with Gasteiger partial charge >= 0.3 is 0 Å². The van der Waals surface area contributed by atoms with Crippen molar-refractivity contribution in [2.45, 2.75) is 13.8 Å². The summed E-state index contributed by atoms with van der Waals surface area (Å²) in [6.07, 6.45) is 1.77. The molecule has 0 saturated carbocycles. The van der Waals surface area contributed by atoms with Gasteiger partial charge in [-0.25, -0.2) is 4.98 Å².